The van der Waals surface area contributed by atoms with E-state index < -0.39 is 8.32 Å². The minimum Gasteiger partial charge on any atom is -0.412 e. The first-order valence-electron chi connectivity index (χ1n) is 10.5. The number of nitrogens with two attached hydrogens (primary N) is 1. The number of ether oxygens (including phenoxy) is 1. The number of aromatic nitrogens is 2. The lowest BCUT2D eigenvalue weighted by molar-refractivity contribution is 0.122. The topological polar surface area (TPSA) is 76.7 Å². The van der Waals surface area contributed by atoms with Crippen LogP contribution in [0.3, 0.4) is 0 Å². The van der Waals surface area contributed by atoms with Gasteiger partial charge in [0.25, 0.3) is 0 Å². The summed E-state index contributed by atoms with van der Waals surface area (Å²) in [5.74, 6) is 0.845. The lowest BCUT2D eigenvalue weighted by Gasteiger charge is -2.38. The molecule has 0 aromatic carbocycles. The molecule has 0 aliphatic carbocycles. The molecule has 0 saturated carbocycles. The molecule has 2 fully saturated rings. The highest BCUT2D eigenvalue weighted by atomic mass is 32.1. The van der Waals surface area contributed by atoms with Gasteiger partial charge >= 0.3 is 0 Å². The van der Waals surface area contributed by atoms with Gasteiger partial charge in [0.1, 0.15) is 0 Å². The Hall–Kier alpha value is -1.42. The zero-order chi connectivity index (χ0) is 20.8. The molecule has 160 valence electrons. The number of anilines is 3. The fourth-order valence-electron chi connectivity index (χ4n) is 3.61. The summed E-state index contributed by atoms with van der Waals surface area (Å²) in [5, 5.41) is 1.22. The SMILES string of the molecule is CC(C)(C)[Si](C)(C)O[C@H]1CCN(c2nc3nc(N4CCOCC4)sc3cc2N)C1. The van der Waals surface area contributed by atoms with E-state index in [0.717, 1.165) is 72.8 Å². The molecule has 0 spiro atoms. The Labute approximate surface area is 178 Å². The first kappa shape index (κ1) is 20.8. The molecule has 2 aliphatic rings. The number of thiazole rings is 1. The minimum atomic E-state index is -1.78. The van der Waals surface area contributed by atoms with Gasteiger partial charge in [0.15, 0.2) is 24.9 Å². The summed E-state index contributed by atoms with van der Waals surface area (Å²) >= 11 is 1.66. The maximum Gasteiger partial charge on any atom is 0.192 e. The van der Waals surface area contributed by atoms with Gasteiger partial charge in [0.2, 0.25) is 0 Å². The highest BCUT2D eigenvalue weighted by Gasteiger charge is 2.40. The molecule has 0 unspecified atom stereocenters. The van der Waals surface area contributed by atoms with Gasteiger partial charge in [-0.1, -0.05) is 32.1 Å². The Morgan fingerprint density at radius 2 is 1.90 bits per heavy atom. The molecule has 7 nitrogen and oxygen atoms in total. The molecule has 2 aliphatic heterocycles. The average Bonchev–Trinajstić information content (AvgIpc) is 3.27. The van der Waals surface area contributed by atoms with Gasteiger partial charge in [-0.2, -0.15) is 4.98 Å². The van der Waals surface area contributed by atoms with Crippen molar-refractivity contribution in [2.75, 3.05) is 54.9 Å². The average molecular weight is 436 g/mol. The zero-order valence-corrected chi connectivity index (χ0v) is 20.0. The maximum absolute atomic E-state index is 6.62. The van der Waals surface area contributed by atoms with E-state index in [-0.39, 0.29) is 11.1 Å². The normalized spacial score (nSPS) is 21.3. The van der Waals surface area contributed by atoms with Gasteiger partial charge in [-0.25, -0.2) is 4.98 Å². The zero-order valence-electron chi connectivity index (χ0n) is 18.2. The number of fused-ring (bicyclic) bond motifs is 1. The first-order chi connectivity index (χ1) is 13.6. The summed E-state index contributed by atoms with van der Waals surface area (Å²) in [7, 11) is -1.78. The van der Waals surface area contributed by atoms with E-state index in [1.54, 1.807) is 11.3 Å². The van der Waals surface area contributed by atoms with Crippen LogP contribution >= 0.6 is 11.3 Å². The van der Waals surface area contributed by atoms with E-state index in [1.807, 2.05) is 6.07 Å². The van der Waals surface area contributed by atoms with Crippen molar-refractivity contribution in [3.8, 4) is 0 Å². The molecule has 29 heavy (non-hydrogen) atoms. The molecule has 1 atom stereocenters. The standard InChI is InChI=1S/C20H33N5O2SSi/c1-20(2,3)29(4,5)27-14-6-7-25(13-14)18-15(21)12-16-17(22-18)23-19(28-16)24-8-10-26-11-9-24/h12,14H,6-11,13,21H2,1-5H3/t14-/m0/s1. The van der Waals surface area contributed by atoms with Crippen molar-refractivity contribution in [3.63, 3.8) is 0 Å². The van der Waals surface area contributed by atoms with E-state index >= 15 is 0 Å². The van der Waals surface area contributed by atoms with E-state index in [1.165, 1.54) is 0 Å². The summed E-state index contributed by atoms with van der Waals surface area (Å²) in [6, 6.07) is 2.03. The largest absolute Gasteiger partial charge is 0.412 e. The molecule has 9 heteroatoms. The smallest absolute Gasteiger partial charge is 0.192 e. The van der Waals surface area contributed by atoms with Crippen LogP contribution in [-0.2, 0) is 9.16 Å². The Balaban J connectivity index is 1.51. The van der Waals surface area contributed by atoms with Crippen LogP contribution in [0, 0.1) is 0 Å². The van der Waals surface area contributed by atoms with Gasteiger partial charge in [-0.3, -0.25) is 0 Å². The quantitative estimate of drug-likeness (QED) is 0.734. The monoisotopic (exact) mass is 435 g/mol. The van der Waals surface area contributed by atoms with Crippen molar-refractivity contribution >= 4 is 46.6 Å². The lowest BCUT2D eigenvalue weighted by Crippen LogP contribution is -2.44. The summed E-state index contributed by atoms with van der Waals surface area (Å²) in [6.45, 7) is 16.5. The molecule has 2 saturated heterocycles. The summed E-state index contributed by atoms with van der Waals surface area (Å²) in [4.78, 5) is 14.2. The van der Waals surface area contributed by atoms with Crippen molar-refractivity contribution in [1.82, 2.24) is 9.97 Å². The number of nitrogen functional groups attached to an aromatic ring is 1. The van der Waals surface area contributed by atoms with Crippen LogP contribution < -0.4 is 15.5 Å². The predicted octanol–water partition coefficient (Wildman–Crippen LogP) is 3.71. The van der Waals surface area contributed by atoms with Crippen LogP contribution in [0.5, 0.6) is 0 Å². The maximum atomic E-state index is 6.62. The second-order valence-corrected chi connectivity index (χ2v) is 15.3. The van der Waals surface area contributed by atoms with Crippen LogP contribution in [0.4, 0.5) is 16.6 Å². The number of rotatable bonds is 4. The molecule has 2 N–H and O–H groups in total. The Morgan fingerprint density at radius 3 is 2.59 bits per heavy atom. The number of hydrogen-bond acceptors (Lipinski definition) is 8. The van der Waals surface area contributed by atoms with Gasteiger partial charge in [-0.15, -0.1) is 0 Å². The van der Waals surface area contributed by atoms with E-state index in [2.05, 4.69) is 43.7 Å². The third-order valence-electron chi connectivity index (χ3n) is 6.37. The van der Waals surface area contributed by atoms with E-state index in [0.29, 0.717) is 0 Å². The summed E-state index contributed by atoms with van der Waals surface area (Å²) in [5.41, 5.74) is 7.92. The van der Waals surface area contributed by atoms with Gasteiger partial charge < -0.3 is 24.7 Å². The number of pyridine rings is 1. The lowest BCUT2D eigenvalue weighted by atomic mass is 10.2. The number of nitrogens with zero attached hydrogens (tertiary/aromatic N) is 4. The fraction of sp³-hybridized carbons (Fsp3) is 0.700. The van der Waals surface area contributed by atoms with Gasteiger partial charge in [0, 0.05) is 26.2 Å². The second kappa shape index (κ2) is 7.68. The number of hydrogen-bond donors (Lipinski definition) is 1. The molecule has 4 heterocycles. The Kier molecular flexibility index (Phi) is 5.52. The Bertz CT molecular complexity index is 876. The second-order valence-electron chi connectivity index (χ2n) is 9.55. The molecule has 2 aromatic rings. The van der Waals surface area contributed by atoms with Crippen molar-refractivity contribution in [1.29, 1.82) is 0 Å². The van der Waals surface area contributed by atoms with E-state index in [4.69, 9.17) is 24.9 Å². The number of morpholine rings is 1. The van der Waals surface area contributed by atoms with Crippen molar-refractivity contribution in [2.24, 2.45) is 0 Å². The van der Waals surface area contributed by atoms with Crippen LogP contribution in [0.2, 0.25) is 18.1 Å². The highest BCUT2D eigenvalue weighted by molar-refractivity contribution is 7.22. The fourth-order valence-corrected chi connectivity index (χ4v) is 6.00. The molecule has 4 rings (SSSR count). The summed E-state index contributed by atoms with van der Waals surface area (Å²) < 4.78 is 13.1. The van der Waals surface area contributed by atoms with Crippen molar-refractivity contribution < 1.29 is 9.16 Å². The van der Waals surface area contributed by atoms with Crippen molar-refractivity contribution in [2.45, 2.75) is 51.4 Å². The molecular formula is C20H33N5O2SSi. The van der Waals surface area contributed by atoms with Crippen LogP contribution in [-0.4, -0.2) is 63.8 Å². The molecule has 0 radical (unpaired) electrons. The molecule has 0 bridgehead atoms. The third-order valence-corrected chi connectivity index (χ3v) is 12.0. The minimum absolute atomic E-state index is 0.215. The molecular weight excluding hydrogens is 402 g/mol. The van der Waals surface area contributed by atoms with Crippen molar-refractivity contribution in [3.05, 3.63) is 6.07 Å². The Morgan fingerprint density at radius 1 is 1.17 bits per heavy atom. The van der Waals surface area contributed by atoms with Crippen LogP contribution in [0.1, 0.15) is 27.2 Å². The van der Waals surface area contributed by atoms with Gasteiger partial charge in [-0.05, 0) is 30.6 Å². The molecule has 2 aromatic heterocycles. The predicted molar refractivity (Wildman–Crippen MR) is 124 cm³/mol. The van der Waals surface area contributed by atoms with Gasteiger partial charge in [0.05, 0.1) is 29.7 Å². The third kappa shape index (κ3) is 4.23. The molecule has 0 amide bonds. The van der Waals surface area contributed by atoms with E-state index in [9.17, 15) is 0 Å². The van der Waals surface area contributed by atoms with Crippen LogP contribution in [0.15, 0.2) is 6.07 Å². The first-order valence-corrected chi connectivity index (χ1v) is 14.2. The highest BCUT2D eigenvalue weighted by Crippen LogP contribution is 2.39. The summed E-state index contributed by atoms with van der Waals surface area (Å²) in [6.07, 6.45) is 1.26. The van der Waals surface area contributed by atoms with Crippen LogP contribution in [0.25, 0.3) is 10.3 Å².